The van der Waals surface area contributed by atoms with Crippen molar-refractivity contribution in [2.45, 2.75) is 39.8 Å². The van der Waals surface area contributed by atoms with E-state index in [1.54, 1.807) is 12.1 Å². The van der Waals surface area contributed by atoms with Crippen LogP contribution in [0, 0.1) is 27.7 Å². The third kappa shape index (κ3) is 3.45. The van der Waals surface area contributed by atoms with Crippen molar-refractivity contribution in [1.29, 1.82) is 0 Å². The van der Waals surface area contributed by atoms with Gasteiger partial charge in [-0.05, 0) is 74.2 Å². The summed E-state index contributed by atoms with van der Waals surface area (Å²) in [5, 5.41) is 12.0. The van der Waals surface area contributed by atoms with Gasteiger partial charge in [0.2, 0.25) is 5.91 Å². The standard InChI is InChI=1S/C22H23N5O3/c1-12-7-13(2)9-17(8-12)27-21(29)19-20(22(27)30)26(25-24-19)11-18(28)23-16-6-5-14(3)15(4)10-16/h5-10,19-20H,11H2,1-4H3,(H,23,28)/t19-,20-/m1/s1. The lowest BCUT2D eigenvalue weighted by Crippen LogP contribution is -2.43. The van der Waals surface area contributed by atoms with E-state index in [4.69, 9.17) is 0 Å². The highest BCUT2D eigenvalue weighted by Gasteiger charge is 2.55. The first-order valence-corrected chi connectivity index (χ1v) is 9.75. The van der Waals surface area contributed by atoms with Crippen molar-refractivity contribution in [3.63, 3.8) is 0 Å². The Hall–Kier alpha value is -3.55. The molecule has 8 heteroatoms. The van der Waals surface area contributed by atoms with Gasteiger partial charge in [0.25, 0.3) is 11.8 Å². The number of fused-ring (bicyclic) bond motifs is 1. The van der Waals surface area contributed by atoms with E-state index in [0.29, 0.717) is 11.4 Å². The summed E-state index contributed by atoms with van der Waals surface area (Å²) in [5.74, 6) is -1.17. The molecular formula is C22H23N5O3. The molecule has 4 rings (SSSR count). The SMILES string of the molecule is Cc1cc(C)cc(N2C(=O)[C@@H]3N=NN(CC(=O)Nc4ccc(C)c(C)c4)[C@H]3C2=O)c1. The highest BCUT2D eigenvalue weighted by Crippen LogP contribution is 2.32. The summed E-state index contributed by atoms with van der Waals surface area (Å²) in [4.78, 5) is 39.6. The molecule has 1 saturated heterocycles. The molecule has 2 heterocycles. The molecule has 0 bridgehead atoms. The van der Waals surface area contributed by atoms with E-state index in [0.717, 1.165) is 27.2 Å². The van der Waals surface area contributed by atoms with E-state index in [-0.39, 0.29) is 12.5 Å². The summed E-state index contributed by atoms with van der Waals surface area (Å²) in [6, 6.07) is 9.36. The molecule has 2 atom stereocenters. The lowest BCUT2D eigenvalue weighted by molar-refractivity contribution is -0.123. The Morgan fingerprint density at radius 3 is 2.33 bits per heavy atom. The molecule has 1 fully saturated rings. The Kier molecular flexibility index (Phi) is 4.85. The fraction of sp³-hybridized carbons (Fsp3) is 0.318. The van der Waals surface area contributed by atoms with E-state index in [2.05, 4.69) is 15.7 Å². The first-order valence-electron chi connectivity index (χ1n) is 9.75. The molecule has 2 aliphatic rings. The molecule has 0 unspecified atom stereocenters. The predicted octanol–water partition coefficient (Wildman–Crippen LogP) is 2.85. The van der Waals surface area contributed by atoms with Crippen molar-refractivity contribution < 1.29 is 14.4 Å². The monoisotopic (exact) mass is 405 g/mol. The van der Waals surface area contributed by atoms with Crippen LogP contribution in [0.5, 0.6) is 0 Å². The number of amides is 3. The molecule has 154 valence electrons. The van der Waals surface area contributed by atoms with Crippen LogP contribution in [-0.2, 0) is 14.4 Å². The normalized spacial score (nSPS) is 20.1. The number of imide groups is 1. The van der Waals surface area contributed by atoms with Crippen molar-refractivity contribution in [1.82, 2.24) is 5.01 Å². The molecule has 2 aromatic carbocycles. The highest BCUT2D eigenvalue weighted by atomic mass is 16.2. The molecule has 0 spiro atoms. The largest absolute Gasteiger partial charge is 0.324 e. The second-order valence-electron chi connectivity index (χ2n) is 7.90. The van der Waals surface area contributed by atoms with Crippen LogP contribution in [0.25, 0.3) is 0 Å². The number of benzene rings is 2. The number of carbonyl (C=O) groups is 3. The Morgan fingerprint density at radius 1 is 0.967 bits per heavy atom. The Morgan fingerprint density at radius 2 is 1.67 bits per heavy atom. The number of aryl methyl sites for hydroxylation is 4. The van der Waals surface area contributed by atoms with Crippen LogP contribution >= 0.6 is 0 Å². The second kappa shape index (κ2) is 7.37. The number of nitrogens with one attached hydrogen (secondary N) is 1. The van der Waals surface area contributed by atoms with Gasteiger partial charge < -0.3 is 5.32 Å². The van der Waals surface area contributed by atoms with E-state index >= 15 is 0 Å². The average Bonchev–Trinajstić information content (AvgIpc) is 3.17. The Balaban J connectivity index is 1.50. The molecule has 0 aliphatic carbocycles. The summed E-state index contributed by atoms with van der Waals surface area (Å²) >= 11 is 0. The Labute approximate surface area is 174 Å². The number of carbonyl (C=O) groups excluding carboxylic acids is 3. The van der Waals surface area contributed by atoms with Crippen LogP contribution < -0.4 is 10.2 Å². The van der Waals surface area contributed by atoms with Crippen molar-refractivity contribution in [2.75, 3.05) is 16.8 Å². The first kappa shape index (κ1) is 19.8. The molecule has 30 heavy (non-hydrogen) atoms. The van der Waals surface area contributed by atoms with Crippen LogP contribution in [0.4, 0.5) is 11.4 Å². The molecule has 2 aromatic rings. The van der Waals surface area contributed by atoms with Gasteiger partial charge in [-0.15, -0.1) is 0 Å². The molecule has 8 nitrogen and oxygen atoms in total. The third-order valence-corrected chi connectivity index (χ3v) is 5.42. The predicted molar refractivity (Wildman–Crippen MR) is 112 cm³/mol. The highest BCUT2D eigenvalue weighted by molar-refractivity contribution is 6.25. The van der Waals surface area contributed by atoms with Gasteiger partial charge in [0.1, 0.15) is 6.54 Å². The van der Waals surface area contributed by atoms with Crippen LogP contribution in [0.3, 0.4) is 0 Å². The number of hydrogen-bond acceptors (Lipinski definition) is 6. The van der Waals surface area contributed by atoms with Crippen LogP contribution in [0.15, 0.2) is 46.7 Å². The summed E-state index contributed by atoms with van der Waals surface area (Å²) < 4.78 is 0. The maximum atomic E-state index is 13.1. The minimum absolute atomic E-state index is 0.169. The Bertz CT molecular complexity index is 1070. The first-order chi connectivity index (χ1) is 14.2. The second-order valence-corrected chi connectivity index (χ2v) is 7.90. The van der Waals surface area contributed by atoms with E-state index < -0.39 is 23.9 Å². The van der Waals surface area contributed by atoms with Crippen molar-refractivity contribution in [3.05, 3.63) is 58.7 Å². The molecule has 0 saturated carbocycles. The van der Waals surface area contributed by atoms with Gasteiger partial charge >= 0.3 is 0 Å². The molecular weight excluding hydrogens is 382 g/mol. The minimum atomic E-state index is -0.923. The topological polar surface area (TPSA) is 94.4 Å². The maximum Gasteiger partial charge on any atom is 0.263 e. The minimum Gasteiger partial charge on any atom is -0.324 e. The van der Waals surface area contributed by atoms with Crippen molar-refractivity contribution >= 4 is 29.1 Å². The maximum absolute atomic E-state index is 13.1. The van der Waals surface area contributed by atoms with Crippen LogP contribution in [-0.4, -0.2) is 41.4 Å². The molecule has 0 radical (unpaired) electrons. The number of rotatable bonds is 4. The lowest BCUT2D eigenvalue weighted by Gasteiger charge is -2.20. The van der Waals surface area contributed by atoms with Crippen LogP contribution in [0.2, 0.25) is 0 Å². The van der Waals surface area contributed by atoms with Gasteiger partial charge in [-0.3, -0.25) is 19.4 Å². The van der Waals surface area contributed by atoms with Crippen LogP contribution in [0.1, 0.15) is 22.3 Å². The van der Waals surface area contributed by atoms with Gasteiger partial charge in [-0.1, -0.05) is 17.4 Å². The van der Waals surface area contributed by atoms with Gasteiger partial charge in [0, 0.05) is 5.69 Å². The van der Waals surface area contributed by atoms with E-state index in [1.165, 1.54) is 5.01 Å². The fourth-order valence-corrected chi connectivity index (χ4v) is 3.85. The molecule has 1 N–H and O–H groups in total. The van der Waals surface area contributed by atoms with E-state index in [1.807, 2.05) is 52.0 Å². The van der Waals surface area contributed by atoms with Gasteiger partial charge in [0.15, 0.2) is 12.1 Å². The van der Waals surface area contributed by atoms with Gasteiger partial charge in [-0.2, -0.15) is 5.11 Å². The van der Waals surface area contributed by atoms with E-state index in [9.17, 15) is 14.4 Å². The molecule has 3 amide bonds. The number of nitrogens with zero attached hydrogens (tertiary/aromatic N) is 4. The molecule has 0 aromatic heterocycles. The zero-order valence-electron chi connectivity index (χ0n) is 17.3. The molecule has 2 aliphatic heterocycles. The van der Waals surface area contributed by atoms with Gasteiger partial charge in [-0.25, -0.2) is 4.90 Å². The van der Waals surface area contributed by atoms with Crippen molar-refractivity contribution in [2.24, 2.45) is 10.3 Å². The zero-order chi connectivity index (χ0) is 21.6. The summed E-state index contributed by atoms with van der Waals surface area (Å²) in [6.45, 7) is 7.61. The fourth-order valence-electron chi connectivity index (χ4n) is 3.85. The van der Waals surface area contributed by atoms with Gasteiger partial charge in [0.05, 0.1) is 5.69 Å². The summed E-state index contributed by atoms with van der Waals surface area (Å²) in [7, 11) is 0. The number of anilines is 2. The summed E-state index contributed by atoms with van der Waals surface area (Å²) in [5.41, 5.74) is 5.29. The summed E-state index contributed by atoms with van der Waals surface area (Å²) in [6.07, 6.45) is 0. The quantitative estimate of drug-likeness (QED) is 0.792. The zero-order valence-corrected chi connectivity index (χ0v) is 17.3. The smallest absolute Gasteiger partial charge is 0.263 e. The lowest BCUT2D eigenvalue weighted by atomic mass is 10.1. The average molecular weight is 405 g/mol. The van der Waals surface area contributed by atoms with Crippen molar-refractivity contribution in [3.8, 4) is 0 Å². The number of hydrogen-bond donors (Lipinski definition) is 1. The third-order valence-electron chi connectivity index (χ3n) is 5.42.